The standard InChI is InChI=1S/2C28H23NO2/c2*1-30-24-15-11-22(12-16-24)29(23-13-17-25(31-2)18-14-23)28-26-9-5-3-7-20(26)19-21-8-4-6-10-27(21)28/h2*3-19H,1-2H3. The average molecular weight is 811 g/mol. The fourth-order valence-electron chi connectivity index (χ4n) is 8.20. The molecule has 0 bridgehead atoms. The molecule has 0 aromatic heterocycles. The zero-order valence-electron chi connectivity index (χ0n) is 35.2. The molecule has 0 aliphatic heterocycles. The largest absolute Gasteiger partial charge is 0.497 e. The molecule has 0 heterocycles. The zero-order chi connectivity index (χ0) is 42.4. The number of methoxy groups -OCH3 is 4. The van der Waals surface area contributed by atoms with Crippen LogP contribution in [0.15, 0.2) is 206 Å². The van der Waals surface area contributed by atoms with Gasteiger partial charge in [0.05, 0.1) is 39.8 Å². The van der Waals surface area contributed by atoms with Crippen LogP contribution in [0.2, 0.25) is 0 Å². The molecular weight excluding hydrogens is 765 g/mol. The number of hydrogen-bond acceptors (Lipinski definition) is 6. The van der Waals surface area contributed by atoms with Crippen molar-refractivity contribution in [3.05, 3.63) is 206 Å². The third-order valence-electron chi connectivity index (χ3n) is 11.3. The quantitative estimate of drug-likeness (QED) is 0.128. The van der Waals surface area contributed by atoms with Crippen LogP contribution in [-0.4, -0.2) is 28.4 Å². The molecule has 0 radical (unpaired) electrons. The van der Waals surface area contributed by atoms with Crippen molar-refractivity contribution in [3.63, 3.8) is 0 Å². The molecule has 0 spiro atoms. The molecule has 0 aliphatic rings. The van der Waals surface area contributed by atoms with Gasteiger partial charge in [-0.2, -0.15) is 0 Å². The summed E-state index contributed by atoms with van der Waals surface area (Å²) in [6, 6.07) is 71.5. The Bertz CT molecular complexity index is 2690. The smallest absolute Gasteiger partial charge is 0.119 e. The normalized spacial score (nSPS) is 10.9. The van der Waals surface area contributed by atoms with Crippen molar-refractivity contribution in [2.45, 2.75) is 0 Å². The van der Waals surface area contributed by atoms with Crippen LogP contribution in [-0.2, 0) is 0 Å². The highest BCUT2D eigenvalue weighted by molar-refractivity contribution is 6.15. The molecule has 62 heavy (non-hydrogen) atoms. The molecule has 10 aromatic carbocycles. The number of hydrogen-bond donors (Lipinski definition) is 0. The number of benzene rings is 10. The SMILES string of the molecule is COc1ccc(N(c2ccc(OC)cc2)c2c3ccccc3cc3ccccc23)cc1.COc1ccc(N(c2ccc(OC)cc2)c2c3ccccc3cc3ccccc23)cc1. The van der Waals surface area contributed by atoms with Gasteiger partial charge in [0.2, 0.25) is 0 Å². The van der Waals surface area contributed by atoms with Crippen LogP contribution < -0.4 is 28.7 Å². The van der Waals surface area contributed by atoms with E-state index in [2.05, 4.69) is 168 Å². The summed E-state index contributed by atoms with van der Waals surface area (Å²) in [6.07, 6.45) is 0. The molecule has 0 aliphatic carbocycles. The van der Waals surface area contributed by atoms with E-state index in [9.17, 15) is 0 Å². The number of ether oxygens (including phenoxy) is 4. The van der Waals surface area contributed by atoms with Crippen molar-refractivity contribution in [1.82, 2.24) is 0 Å². The number of fused-ring (bicyclic) bond motifs is 4. The van der Waals surface area contributed by atoms with Gasteiger partial charge in [0, 0.05) is 44.3 Å². The third-order valence-corrected chi connectivity index (χ3v) is 11.3. The first-order valence-electron chi connectivity index (χ1n) is 20.5. The van der Waals surface area contributed by atoms with Crippen LogP contribution in [0.1, 0.15) is 0 Å². The fourth-order valence-corrected chi connectivity index (χ4v) is 8.20. The van der Waals surface area contributed by atoms with Gasteiger partial charge < -0.3 is 28.7 Å². The van der Waals surface area contributed by atoms with Gasteiger partial charge in [-0.05, 0) is 131 Å². The van der Waals surface area contributed by atoms with E-state index in [-0.39, 0.29) is 0 Å². The maximum Gasteiger partial charge on any atom is 0.119 e. The van der Waals surface area contributed by atoms with Gasteiger partial charge in [0.25, 0.3) is 0 Å². The van der Waals surface area contributed by atoms with Gasteiger partial charge in [-0.1, -0.05) is 97.1 Å². The van der Waals surface area contributed by atoms with E-state index in [0.29, 0.717) is 0 Å². The van der Waals surface area contributed by atoms with Crippen molar-refractivity contribution in [2.24, 2.45) is 0 Å². The van der Waals surface area contributed by atoms with E-state index >= 15 is 0 Å². The predicted molar refractivity (Wildman–Crippen MR) is 258 cm³/mol. The number of anilines is 6. The molecule has 6 heteroatoms. The van der Waals surface area contributed by atoms with E-state index in [0.717, 1.165) is 57.1 Å². The Labute approximate surface area is 362 Å². The van der Waals surface area contributed by atoms with E-state index in [1.807, 2.05) is 48.5 Å². The Morgan fingerprint density at radius 3 is 0.677 bits per heavy atom. The summed E-state index contributed by atoms with van der Waals surface area (Å²) in [5, 5.41) is 9.65. The van der Waals surface area contributed by atoms with Crippen LogP contribution in [0.25, 0.3) is 43.1 Å². The van der Waals surface area contributed by atoms with Crippen molar-refractivity contribution >= 4 is 77.2 Å². The first-order valence-corrected chi connectivity index (χ1v) is 20.5. The van der Waals surface area contributed by atoms with Crippen LogP contribution in [0, 0.1) is 0 Å². The lowest BCUT2D eigenvalue weighted by molar-refractivity contribution is 0.414. The van der Waals surface area contributed by atoms with Crippen molar-refractivity contribution in [3.8, 4) is 23.0 Å². The summed E-state index contributed by atoms with van der Waals surface area (Å²) in [6.45, 7) is 0. The lowest BCUT2D eigenvalue weighted by Gasteiger charge is -2.28. The van der Waals surface area contributed by atoms with E-state index in [1.165, 1.54) is 43.1 Å². The summed E-state index contributed by atoms with van der Waals surface area (Å²) in [5.41, 5.74) is 6.56. The summed E-state index contributed by atoms with van der Waals surface area (Å²) < 4.78 is 21.6. The van der Waals surface area contributed by atoms with Gasteiger partial charge in [0.1, 0.15) is 23.0 Å². The molecule has 0 N–H and O–H groups in total. The molecule has 0 atom stereocenters. The maximum atomic E-state index is 5.40. The zero-order valence-corrected chi connectivity index (χ0v) is 35.2. The van der Waals surface area contributed by atoms with Gasteiger partial charge in [-0.25, -0.2) is 0 Å². The Balaban J connectivity index is 0.000000158. The van der Waals surface area contributed by atoms with Crippen LogP contribution in [0.5, 0.6) is 23.0 Å². The predicted octanol–water partition coefficient (Wildman–Crippen LogP) is 15.0. The number of rotatable bonds is 10. The first kappa shape index (κ1) is 39.5. The minimum absolute atomic E-state index is 0.834. The molecule has 0 fully saturated rings. The van der Waals surface area contributed by atoms with Gasteiger partial charge in [-0.3, -0.25) is 0 Å². The lowest BCUT2D eigenvalue weighted by atomic mass is 9.99. The first-order chi connectivity index (χ1) is 30.6. The number of nitrogens with zero attached hydrogens (tertiary/aromatic N) is 2. The topological polar surface area (TPSA) is 43.4 Å². The van der Waals surface area contributed by atoms with Gasteiger partial charge in [0.15, 0.2) is 0 Å². The highest BCUT2D eigenvalue weighted by Crippen LogP contribution is 2.46. The average Bonchev–Trinajstić information content (AvgIpc) is 3.34. The molecule has 0 saturated heterocycles. The van der Waals surface area contributed by atoms with Gasteiger partial charge >= 0.3 is 0 Å². The van der Waals surface area contributed by atoms with E-state index in [4.69, 9.17) is 18.9 Å². The highest BCUT2D eigenvalue weighted by atomic mass is 16.5. The molecule has 0 amide bonds. The summed E-state index contributed by atoms with van der Waals surface area (Å²) in [4.78, 5) is 4.62. The minimum Gasteiger partial charge on any atom is -0.497 e. The summed E-state index contributed by atoms with van der Waals surface area (Å²) in [7, 11) is 6.76. The van der Waals surface area contributed by atoms with Crippen molar-refractivity contribution in [2.75, 3.05) is 38.2 Å². The van der Waals surface area contributed by atoms with Crippen LogP contribution >= 0.6 is 0 Å². The molecule has 6 nitrogen and oxygen atoms in total. The lowest BCUT2D eigenvalue weighted by Crippen LogP contribution is -2.11. The fraction of sp³-hybridized carbons (Fsp3) is 0.0714. The monoisotopic (exact) mass is 810 g/mol. The molecule has 304 valence electrons. The molecular formula is C56H46N2O4. The second-order valence-electron chi connectivity index (χ2n) is 14.8. The Morgan fingerprint density at radius 1 is 0.258 bits per heavy atom. The van der Waals surface area contributed by atoms with Crippen molar-refractivity contribution < 1.29 is 18.9 Å². The van der Waals surface area contributed by atoms with Crippen LogP contribution in [0.4, 0.5) is 34.1 Å². The van der Waals surface area contributed by atoms with E-state index < -0.39 is 0 Å². The summed E-state index contributed by atoms with van der Waals surface area (Å²) >= 11 is 0. The van der Waals surface area contributed by atoms with E-state index in [1.54, 1.807) is 28.4 Å². The maximum absolute atomic E-state index is 5.40. The molecule has 0 unspecified atom stereocenters. The second kappa shape index (κ2) is 17.7. The highest BCUT2D eigenvalue weighted by Gasteiger charge is 2.21. The Hall–Kier alpha value is -7.96. The minimum atomic E-state index is 0.834. The third kappa shape index (κ3) is 7.78. The molecule has 10 aromatic rings. The Morgan fingerprint density at radius 2 is 0.468 bits per heavy atom. The molecule has 10 rings (SSSR count). The van der Waals surface area contributed by atoms with Crippen LogP contribution in [0.3, 0.4) is 0 Å². The summed E-state index contributed by atoms with van der Waals surface area (Å²) in [5.74, 6) is 3.34. The molecule has 0 saturated carbocycles. The second-order valence-corrected chi connectivity index (χ2v) is 14.8. The van der Waals surface area contributed by atoms with Crippen molar-refractivity contribution in [1.29, 1.82) is 0 Å². The Kier molecular flexibility index (Phi) is 11.3. The van der Waals surface area contributed by atoms with Gasteiger partial charge in [-0.15, -0.1) is 0 Å².